The van der Waals surface area contributed by atoms with E-state index in [1.54, 1.807) is 6.92 Å². The molecule has 0 N–H and O–H groups in total. The summed E-state index contributed by atoms with van der Waals surface area (Å²) >= 11 is 0. The average molecular weight is 463 g/mol. The lowest BCUT2D eigenvalue weighted by Crippen LogP contribution is -2.57. The molecule has 1 aromatic carbocycles. The largest absolute Gasteiger partial charge is 0.417 e. The molecule has 2 aliphatic heterocycles. The Morgan fingerprint density at radius 3 is 2.13 bits per heavy atom. The van der Waals surface area contributed by atoms with Crippen LogP contribution in [0.15, 0.2) is 29.2 Å². The Morgan fingerprint density at radius 2 is 1.58 bits per heavy atom. The zero-order valence-electron chi connectivity index (χ0n) is 17.8. The molecule has 1 amide bonds. The maximum Gasteiger partial charge on any atom is 0.417 e. The number of nitrogens with zero attached hydrogens (tertiary/aromatic N) is 4. The van der Waals surface area contributed by atoms with Crippen LogP contribution in [0, 0.1) is 0 Å². The van der Waals surface area contributed by atoms with Gasteiger partial charge in [-0.25, -0.2) is 8.42 Å². The zero-order valence-corrected chi connectivity index (χ0v) is 18.6. The van der Waals surface area contributed by atoms with E-state index in [0.29, 0.717) is 13.1 Å². The summed E-state index contributed by atoms with van der Waals surface area (Å²) in [5.41, 5.74) is -1.16. The molecule has 0 radical (unpaired) electrons. The van der Waals surface area contributed by atoms with Gasteiger partial charge in [-0.2, -0.15) is 17.5 Å². The van der Waals surface area contributed by atoms with Gasteiger partial charge in [-0.15, -0.1) is 0 Å². The molecule has 11 heteroatoms. The maximum absolute atomic E-state index is 13.3. The van der Waals surface area contributed by atoms with E-state index in [1.807, 2.05) is 9.80 Å². The summed E-state index contributed by atoms with van der Waals surface area (Å²) in [7, 11) is -4.29. The Hall–Kier alpha value is -1.69. The number of hydrogen-bond acceptors (Lipinski definition) is 5. The summed E-state index contributed by atoms with van der Waals surface area (Å²) in [6, 6.07) is 3.83. The lowest BCUT2D eigenvalue weighted by molar-refractivity contribution is -0.140. The molecule has 2 aliphatic rings. The second-order valence-electron chi connectivity index (χ2n) is 7.87. The van der Waals surface area contributed by atoms with Crippen LogP contribution in [0.3, 0.4) is 0 Å². The minimum absolute atomic E-state index is 0.00878. The molecule has 1 atom stereocenters. The molecule has 1 aromatic rings. The van der Waals surface area contributed by atoms with Crippen molar-refractivity contribution in [2.24, 2.45) is 0 Å². The Bertz CT molecular complexity index is 878. The van der Waals surface area contributed by atoms with Crippen molar-refractivity contribution < 1.29 is 26.4 Å². The number of amides is 1. The van der Waals surface area contributed by atoms with E-state index < -0.39 is 32.7 Å². The molecular formula is C20H29F3N4O3S. The van der Waals surface area contributed by atoms with Crippen LogP contribution in [0.5, 0.6) is 0 Å². The highest BCUT2D eigenvalue weighted by Crippen LogP contribution is 2.35. The Labute approximate surface area is 181 Å². The number of sulfonamides is 1. The number of rotatable bonds is 5. The highest BCUT2D eigenvalue weighted by atomic mass is 32.2. The quantitative estimate of drug-likeness (QED) is 0.665. The van der Waals surface area contributed by atoms with Gasteiger partial charge in [0.25, 0.3) is 0 Å². The first-order valence-corrected chi connectivity index (χ1v) is 11.9. The number of piperazine rings is 2. The maximum atomic E-state index is 13.3. The van der Waals surface area contributed by atoms with E-state index >= 15 is 0 Å². The zero-order chi connectivity index (χ0) is 22.8. The average Bonchev–Trinajstić information content (AvgIpc) is 2.77. The lowest BCUT2D eigenvalue weighted by Gasteiger charge is -2.40. The van der Waals surface area contributed by atoms with Gasteiger partial charge in [-0.3, -0.25) is 9.69 Å². The van der Waals surface area contributed by atoms with Crippen molar-refractivity contribution in [2.75, 3.05) is 58.9 Å². The normalized spacial score (nSPS) is 21.3. The third-order valence-electron chi connectivity index (χ3n) is 6.12. The van der Waals surface area contributed by atoms with Gasteiger partial charge in [0.1, 0.15) is 0 Å². The fraction of sp³-hybridized carbons (Fsp3) is 0.650. The second-order valence-corrected chi connectivity index (χ2v) is 9.78. The molecule has 0 spiro atoms. The Kier molecular flexibility index (Phi) is 7.29. The molecular weight excluding hydrogens is 433 g/mol. The monoisotopic (exact) mass is 462 g/mol. The van der Waals surface area contributed by atoms with Crippen molar-refractivity contribution in [2.45, 2.75) is 31.0 Å². The molecule has 0 aliphatic carbocycles. The van der Waals surface area contributed by atoms with Crippen molar-refractivity contribution in [1.29, 1.82) is 0 Å². The number of carbonyl (C=O) groups excluding carboxylic acids is 1. The number of carbonyl (C=O) groups is 1. The van der Waals surface area contributed by atoms with Gasteiger partial charge in [-0.05, 0) is 25.6 Å². The summed E-state index contributed by atoms with van der Waals surface area (Å²) in [5.74, 6) is 0.00878. The smallest absolute Gasteiger partial charge is 0.339 e. The van der Waals surface area contributed by atoms with Crippen LogP contribution in [-0.4, -0.2) is 98.3 Å². The van der Waals surface area contributed by atoms with Gasteiger partial charge in [0, 0.05) is 52.4 Å². The first kappa shape index (κ1) is 24.0. The summed E-state index contributed by atoms with van der Waals surface area (Å²) < 4.78 is 66.7. The van der Waals surface area contributed by atoms with Crippen molar-refractivity contribution in [3.63, 3.8) is 0 Å². The first-order valence-electron chi connectivity index (χ1n) is 10.5. The molecule has 174 valence electrons. The van der Waals surface area contributed by atoms with Crippen LogP contribution in [0.4, 0.5) is 13.2 Å². The predicted molar refractivity (Wildman–Crippen MR) is 110 cm³/mol. The Morgan fingerprint density at radius 1 is 1.00 bits per heavy atom. The van der Waals surface area contributed by atoms with Crippen LogP contribution in [0.1, 0.15) is 19.4 Å². The molecule has 0 bridgehead atoms. The molecule has 31 heavy (non-hydrogen) atoms. The van der Waals surface area contributed by atoms with Crippen molar-refractivity contribution >= 4 is 15.9 Å². The topological polar surface area (TPSA) is 64.2 Å². The van der Waals surface area contributed by atoms with E-state index in [0.717, 1.165) is 36.1 Å². The van der Waals surface area contributed by atoms with E-state index in [9.17, 15) is 26.4 Å². The number of benzene rings is 1. The minimum atomic E-state index is -4.76. The fourth-order valence-corrected chi connectivity index (χ4v) is 5.74. The molecule has 0 saturated carbocycles. The van der Waals surface area contributed by atoms with Gasteiger partial charge in [0.2, 0.25) is 15.9 Å². The summed E-state index contributed by atoms with van der Waals surface area (Å²) in [6.45, 7) is 8.48. The van der Waals surface area contributed by atoms with E-state index in [4.69, 9.17) is 0 Å². The summed E-state index contributed by atoms with van der Waals surface area (Å²) in [5, 5.41) is 0. The Balaban J connectivity index is 1.64. The highest BCUT2D eigenvalue weighted by molar-refractivity contribution is 7.89. The first-order chi connectivity index (χ1) is 14.6. The van der Waals surface area contributed by atoms with Gasteiger partial charge < -0.3 is 9.80 Å². The van der Waals surface area contributed by atoms with Crippen LogP contribution in [0.2, 0.25) is 0 Å². The van der Waals surface area contributed by atoms with Crippen molar-refractivity contribution in [3.05, 3.63) is 29.8 Å². The molecule has 7 nitrogen and oxygen atoms in total. The summed E-state index contributed by atoms with van der Waals surface area (Å²) in [4.78, 5) is 18.1. The number of halogens is 3. The van der Waals surface area contributed by atoms with Crippen molar-refractivity contribution in [3.8, 4) is 0 Å². The van der Waals surface area contributed by atoms with Gasteiger partial charge >= 0.3 is 6.18 Å². The lowest BCUT2D eigenvalue weighted by atomic mass is 10.2. The summed E-state index contributed by atoms with van der Waals surface area (Å²) in [6.07, 6.45) is -4.76. The van der Waals surface area contributed by atoms with E-state index in [-0.39, 0.29) is 32.1 Å². The molecule has 2 saturated heterocycles. The van der Waals surface area contributed by atoms with Gasteiger partial charge in [0.15, 0.2) is 0 Å². The molecule has 0 unspecified atom stereocenters. The number of hydrogen-bond donors (Lipinski definition) is 0. The van der Waals surface area contributed by atoms with E-state index in [2.05, 4.69) is 11.8 Å². The fourth-order valence-electron chi connectivity index (χ4n) is 4.10. The van der Waals surface area contributed by atoms with Crippen LogP contribution in [-0.2, 0) is 21.0 Å². The predicted octanol–water partition coefficient (Wildman–Crippen LogP) is 1.56. The SMILES string of the molecule is CCN1CCN(C(=O)[C@H](C)N2CCN(S(=O)(=O)c3ccccc3C(F)(F)F)CC2)CC1. The van der Waals surface area contributed by atoms with Crippen LogP contribution >= 0.6 is 0 Å². The molecule has 3 rings (SSSR count). The van der Waals surface area contributed by atoms with Crippen molar-refractivity contribution in [1.82, 2.24) is 19.0 Å². The van der Waals surface area contributed by atoms with Crippen LogP contribution < -0.4 is 0 Å². The molecule has 2 heterocycles. The van der Waals surface area contributed by atoms with Crippen LogP contribution in [0.25, 0.3) is 0 Å². The van der Waals surface area contributed by atoms with Gasteiger partial charge in [-0.1, -0.05) is 19.1 Å². The highest BCUT2D eigenvalue weighted by Gasteiger charge is 2.40. The third-order valence-corrected chi connectivity index (χ3v) is 8.08. The van der Waals surface area contributed by atoms with E-state index in [1.165, 1.54) is 12.1 Å². The molecule has 2 fully saturated rings. The minimum Gasteiger partial charge on any atom is -0.339 e. The third kappa shape index (κ3) is 5.21. The van der Waals surface area contributed by atoms with Gasteiger partial charge in [0.05, 0.1) is 16.5 Å². The molecule has 0 aromatic heterocycles. The second kappa shape index (κ2) is 9.43. The number of likely N-dealkylation sites (N-methyl/N-ethyl adjacent to an activating group) is 1. The standard InChI is InChI=1S/C20H29F3N4O3S/c1-3-24-8-10-26(11-9-24)19(28)16(2)25-12-14-27(15-13-25)31(29,30)18-7-5-4-6-17(18)20(21,22)23/h4-7,16H,3,8-15H2,1-2H3/t16-/m0/s1. The number of alkyl halides is 3.